The predicted molar refractivity (Wildman–Crippen MR) is 97.4 cm³/mol. The SMILES string of the molecule is C(CSC(CSCC1CO1)CSCC1CO1)SCC1CO1. The molecular weight excluding hydrogens is 344 g/mol. The second kappa shape index (κ2) is 9.55. The third kappa shape index (κ3) is 8.63. The lowest BCUT2D eigenvalue weighted by Crippen LogP contribution is -2.13. The molecule has 0 aromatic rings. The van der Waals surface area contributed by atoms with Crippen LogP contribution >= 0.6 is 47.0 Å². The highest BCUT2D eigenvalue weighted by molar-refractivity contribution is 8.06. The van der Waals surface area contributed by atoms with Gasteiger partial charge in [0.05, 0.1) is 38.1 Å². The first-order valence-corrected chi connectivity index (χ1v) is 12.1. The topological polar surface area (TPSA) is 37.6 Å². The minimum atomic E-state index is 0.558. The minimum absolute atomic E-state index is 0.558. The van der Waals surface area contributed by atoms with E-state index in [9.17, 15) is 0 Å². The number of rotatable bonds is 14. The summed E-state index contributed by atoms with van der Waals surface area (Å²) in [6, 6.07) is 0. The van der Waals surface area contributed by atoms with Crippen LogP contribution in [0.4, 0.5) is 0 Å². The van der Waals surface area contributed by atoms with Gasteiger partial charge in [-0.15, -0.1) is 0 Å². The van der Waals surface area contributed by atoms with Gasteiger partial charge in [-0.3, -0.25) is 0 Å². The van der Waals surface area contributed by atoms with Gasteiger partial charge in [-0.25, -0.2) is 0 Å². The summed E-state index contributed by atoms with van der Waals surface area (Å²) >= 11 is 8.33. The number of thioether (sulfide) groups is 4. The predicted octanol–water partition coefficient (Wildman–Crippen LogP) is 2.48. The Hall–Kier alpha value is 1.28. The Morgan fingerprint density at radius 1 is 0.714 bits per heavy atom. The van der Waals surface area contributed by atoms with Crippen LogP contribution in [0, 0.1) is 0 Å². The van der Waals surface area contributed by atoms with Crippen LogP contribution in [0.2, 0.25) is 0 Å². The van der Waals surface area contributed by atoms with Gasteiger partial charge in [0.15, 0.2) is 0 Å². The maximum Gasteiger partial charge on any atom is 0.0900 e. The first-order valence-electron chi connectivity index (χ1n) is 7.60. The average molecular weight is 369 g/mol. The molecule has 3 atom stereocenters. The smallest absolute Gasteiger partial charge is 0.0900 e. The third-order valence-corrected chi connectivity index (χ3v) is 8.82. The molecule has 3 fully saturated rings. The number of epoxide rings is 3. The van der Waals surface area contributed by atoms with Crippen LogP contribution < -0.4 is 0 Å². The monoisotopic (exact) mass is 368 g/mol. The Labute approximate surface area is 144 Å². The van der Waals surface area contributed by atoms with E-state index in [0.717, 1.165) is 25.1 Å². The Kier molecular flexibility index (Phi) is 7.78. The van der Waals surface area contributed by atoms with E-state index < -0.39 is 0 Å². The third-order valence-electron chi connectivity index (χ3n) is 3.31. The highest BCUT2D eigenvalue weighted by Gasteiger charge is 2.25. The van der Waals surface area contributed by atoms with Crippen molar-refractivity contribution in [1.82, 2.24) is 0 Å². The molecule has 3 aliphatic rings. The molecule has 21 heavy (non-hydrogen) atoms. The Bertz CT molecular complexity index is 278. The molecule has 0 amide bonds. The second-order valence-electron chi connectivity index (χ2n) is 5.51. The maximum atomic E-state index is 5.29. The zero-order valence-corrected chi connectivity index (χ0v) is 15.5. The standard InChI is InChI=1S/C14H24O3S4/c1(18-6-11-3-15-11)2-21-14(9-19-7-12-4-16-12)10-20-8-13-5-17-13/h11-14H,1-10H2. The van der Waals surface area contributed by atoms with E-state index in [1.807, 2.05) is 11.8 Å². The van der Waals surface area contributed by atoms with Gasteiger partial charge in [-0.2, -0.15) is 47.0 Å². The lowest BCUT2D eigenvalue weighted by molar-refractivity contribution is 0.426. The van der Waals surface area contributed by atoms with E-state index in [4.69, 9.17) is 14.2 Å². The first-order chi connectivity index (χ1) is 10.4. The fraction of sp³-hybridized carbons (Fsp3) is 1.00. The molecule has 0 aliphatic carbocycles. The van der Waals surface area contributed by atoms with Crippen molar-refractivity contribution in [3.05, 3.63) is 0 Å². The molecule has 3 aliphatic heterocycles. The normalized spacial score (nSPS) is 31.1. The summed E-state index contributed by atoms with van der Waals surface area (Å²) in [5.74, 6) is 8.60. The van der Waals surface area contributed by atoms with Gasteiger partial charge < -0.3 is 14.2 Å². The van der Waals surface area contributed by atoms with E-state index in [-0.39, 0.29) is 0 Å². The molecular formula is C14H24O3S4. The summed E-state index contributed by atoms with van der Waals surface area (Å²) < 4.78 is 15.8. The van der Waals surface area contributed by atoms with Crippen LogP contribution in [0.25, 0.3) is 0 Å². The molecule has 0 bridgehead atoms. The van der Waals surface area contributed by atoms with E-state index in [1.54, 1.807) is 0 Å². The molecule has 122 valence electrons. The van der Waals surface area contributed by atoms with Crippen molar-refractivity contribution in [3.63, 3.8) is 0 Å². The van der Waals surface area contributed by atoms with Gasteiger partial charge in [-0.05, 0) is 0 Å². The Morgan fingerprint density at radius 2 is 1.19 bits per heavy atom. The molecule has 7 heteroatoms. The number of hydrogen-bond acceptors (Lipinski definition) is 7. The minimum Gasteiger partial charge on any atom is -0.372 e. The van der Waals surface area contributed by atoms with E-state index in [0.29, 0.717) is 18.3 Å². The van der Waals surface area contributed by atoms with Crippen molar-refractivity contribution in [2.45, 2.75) is 23.6 Å². The molecule has 0 aromatic carbocycles. The molecule has 3 rings (SSSR count). The molecule has 0 spiro atoms. The lowest BCUT2D eigenvalue weighted by atomic mass is 10.5. The Morgan fingerprint density at radius 3 is 1.67 bits per heavy atom. The van der Waals surface area contributed by atoms with Crippen LogP contribution in [-0.4, -0.2) is 83.7 Å². The second-order valence-corrected chi connectivity index (χ2v) is 10.2. The fourth-order valence-electron chi connectivity index (χ4n) is 1.79. The van der Waals surface area contributed by atoms with Gasteiger partial charge in [0.2, 0.25) is 0 Å². The zero-order valence-electron chi connectivity index (χ0n) is 12.2. The molecule has 0 aromatic heterocycles. The quantitative estimate of drug-likeness (QED) is 0.344. The van der Waals surface area contributed by atoms with Crippen molar-refractivity contribution >= 4 is 47.0 Å². The number of ether oxygens (including phenoxy) is 3. The molecule has 0 N–H and O–H groups in total. The Balaban J connectivity index is 1.22. The molecule has 3 unspecified atom stereocenters. The first kappa shape index (κ1) is 17.1. The van der Waals surface area contributed by atoms with Crippen molar-refractivity contribution in [1.29, 1.82) is 0 Å². The summed E-state index contributed by atoms with van der Waals surface area (Å²) in [4.78, 5) is 0. The largest absolute Gasteiger partial charge is 0.372 e. The molecule has 0 radical (unpaired) electrons. The van der Waals surface area contributed by atoms with Gasteiger partial charge in [-0.1, -0.05) is 0 Å². The van der Waals surface area contributed by atoms with Crippen molar-refractivity contribution < 1.29 is 14.2 Å². The average Bonchev–Trinajstić information content (AvgIpc) is 3.34. The summed E-state index contributed by atoms with van der Waals surface area (Å²) in [5, 5.41) is 0.773. The van der Waals surface area contributed by atoms with Crippen LogP contribution in [0.15, 0.2) is 0 Å². The van der Waals surface area contributed by atoms with Crippen LogP contribution in [-0.2, 0) is 14.2 Å². The van der Waals surface area contributed by atoms with Crippen molar-refractivity contribution in [3.8, 4) is 0 Å². The van der Waals surface area contributed by atoms with Crippen molar-refractivity contribution in [2.75, 3.05) is 60.1 Å². The fourth-order valence-corrected chi connectivity index (χ4v) is 7.04. The van der Waals surface area contributed by atoms with E-state index in [1.165, 1.54) is 40.3 Å². The number of hydrogen-bond donors (Lipinski definition) is 0. The summed E-state index contributed by atoms with van der Waals surface area (Å²) in [6.45, 7) is 2.96. The van der Waals surface area contributed by atoms with Crippen LogP contribution in [0.1, 0.15) is 0 Å². The summed E-state index contributed by atoms with van der Waals surface area (Å²) in [5.41, 5.74) is 0. The van der Waals surface area contributed by atoms with Gasteiger partial charge in [0, 0.05) is 45.5 Å². The van der Waals surface area contributed by atoms with Gasteiger partial charge in [0.25, 0.3) is 0 Å². The van der Waals surface area contributed by atoms with Crippen molar-refractivity contribution in [2.24, 2.45) is 0 Å². The molecule has 0 saturated carbocycles. The maximum absolute atomic E-state index is 5.29. The summed E-state index contributed by atoms with van der Waals surface area (Å²) in [6.07, 6.45) is 1.68. The van der Waals surface area contributed by atoms with Gasteiger partial charge >= 0.3 is 0 Å². The molecule has 3 nitrogen and oxygen atoms in total. The van der Waals surface area contributed by atoms with Gasteiger partial charge in [0.1, 0.15) is 0 Å². The summed E-state index contributed by atoms with van der Waals surface area (Å²) in [7, 11) is 0. The van der Waals surface area contributed by atoms with Crippen LogP contribution in [0.3, 0.4) is 0 Å². The highest BCUT2D eigenvalue weighted by Crippen LogP contribution is 2.26. The van der Waals surface area contributed by atoms with Crippen LogP contribution in [0.5, 0.6) is 0 Å². The lowest BCUT2D eigenvalue weighted by Gasteiger charge is -2.15. The zero-order chi connectivity index (χ0) is 14.3. The molecule has 3 heterocycles. The van der Waals surface area contributed by atoms with E-state index >= 15 is 0 Å². The van der Waals surface area contributed by atoms with E-state index in [2.05, 4.69) is 35.3 Å². The molecule has 3 saturated heterocycles. The highest BCUT2D eigenvalue weighted by atomic mass is 32.2.